The van der Waals surface area contributed by atoms with Crippen molar-refractivity contribution in [2.24, 2.45) is 0 Å². The summed E-state index contributed by atoms with van der Waals surface area (Å²) in [6, 6.07) is 12.8. The number of imide groups is 1. The van der Waals surface area contributed by atoms with E-state index >= 15 is 0 Å². The van der Waals surface area contributed by atoms with Crippen LogP contribution in [0.15, 0.2) is 48.5 Å². The summed E-state index contributed by atoms with van der Waals surface area (Å²) in [6.45, 7) is -0.497. The van der Waals surface area contributed by atoms with Crippen LogP contribution >= 0.6 is 0 Å². The van der Waals surface area contributed by atoms with E-state index in [4.69, 9.17) is 9.47 Å². The van der Waals surface area contributed by atoms with E-state index in [2.05, 4.69) is 5.32 Å². The van der Waals surface area contributed by atoms with Crippen molar-refractivity contribution in [2.75, 3.05) is 23.9 Å². The van der Waals surface area contributed by atoms with Gasteiger partial charge >= 0.3 is 5.97 Å². The fourth-order valence-electron chi connectivity index (χ4n) is 2.79. The lowest BCUT2D eigenvalue weighted by Gasteiger charge is -2.14. The molecular formula is C20H18N2O6. The molecule has 28 heavy (non-hydrogen) atoms. The molecule has 8 nitrogen and oxygen atoms in total. The summed E-state index contributed by atoms with van der Waals surface area (Å²) in [5.41, 5.74) is 0.898. The zero-order valence-corrected chi connectivity index (χ0v) is 15.1. The van der Waals surface area contributed by atoms with Crippen molar-refractivity contribution in [1.29, 1.82) is 0 Å². The van der Waals surface area contributed by atoms with Crippen molar-refractivity contribution in [3.63, 3.8) is 0 Å². The number of hydrogen-bond donors (Lipinski definition) is 1. The minimum Gasteiger partial charge on any atom is -0.495 e. The number of rotatable bonds is 6. The number of benzene rings is 2. The number of nitrogens with zero attached hydrogens (tertiary/aromatic N) is 1. The van der Waals surface area contributed by atoms with E-state index in [1.807, 2.05) is 0 Å². The van der Waals surface area contributed by atoms with E-state index in [9.17, 15) is 19.2 Å². The SMILES string of the molecule is COc1ccccc1NC(=O)COC(=O)c1cccc(N2C(=O)CCC2=O)c1. The Bertz CT molecular complexity index is 924. The van der Waals surface area contributed by atoms with E-state index in [0.29, 0.717) is 17.1 Å². The molecule has 2 aromatic rings. The van der Waals surface area contributed by atoms with Gasteiger partial charge in [-0.3, -0.25) is 19.3 Å². The summed E-state index contributed by atoms with van der Waals surface area (Å²) in [7, 11) is 1.48. The van der Waals surface area contributed by atoms with Crippen LogP contribution in [0.3, 0.4) is 0 Å². The molecule has 0 atom stereocenters. The van der Waals surface area contributed by atoms with Gasteiger partial charge < -0.3 is 14.8 Å². The van der Waals surface area contributed by atoms with E-state index < -0.39 is 18.5 Å². The van der Waals surface area contributed by atoms with Gasteiger partial charge in [-0.1, -0.05) is 18.2 Å². The molecular weight excluding hydrogens is 364 g/mol. The third kappa shape index (κ3) is 4.17. The van der Waals surface area contributed by atoms with Crippen molar-refractivity contribution in [3.8, 4) is 5.75 Å². The quantitative estimate of drug-likeness (QED) is 0.607. The molecule has 3 amide bonds. The molecule has 1 saturated heterocycles. The number of nitrogens with one attached hydrogen (secondary N) is 1. The predicted octanol–water partition coefficient (Wildman–Crippen LogP) is 2.14. The number of carbonyl (C=O) groups excluding carboxylic acids is 4. The number of hydrogen-bond acceptors (Lipinski definition) is 6. The molecule has 0 aromatic heterocycles. The summed E-state index contributed by atoms with van der Waals surface area (Å²) < 4.78 is 10.2. The summed E-state index contributed by atoms with van der Waals surface area (Å²) in [5, 5.41) is 2.60. The number of para-hydroxylation sites is 2. The van der Waals surface area contributed by atoms with Crippen molar-refractivity contribution < 1.29 is 28.7 Å². The minimum absolute atomic E-state index is 0.134. The van der Waals surface area contributed by atoms with Crippen LogP contribution in [-0.2, 0) is 19.1 Å². The second kappa shape index (κ2) is 8.34. The molecule has 0 aliphatic carbocycles. The third-order valence-corrected chi connectivity index (χ3v) is 4.11. The van der Waals surface area contributed by atoms with Gasteiger partial charge in [-0.2, -0.15) is 0 Å². The molecule has 1 aliphatic heterocycles. The Hall–Kier alpha value is -3.68. The number of methoxy groups -OCH3 is 1. The van der Waals surface area contributed by atoms with Gasteiger partial charge in [0.25, 0.3) is 5.91 Å². The Labute approximate surface area is 161 Å². The first-order valence-corrected chi connectivity index (χ1v) is 8.55. The second-order valence-electron chi connectivity index (χ2n) is 6.00. The maximum atomic E-state index is 12.2. The maximum Gasteiger partial charge on any atom is 0.338 e. The lowest BCUT2D eigenvalue weighted by atomic mass is 10.2. The zero-order chi connectivity index (χ0) is 20.1. The molecule has 8 heteroatoms. The number of esters is 1. The number of carbonyl (C=O) groups is 4. The number of ether oxygens (including phenoxy) is 2. The average Bonchev–Trinajstić information content (AvgIpc) is 3.04. The molecule has 2 aromatic carbocycles. The van der Waals surface area contributed by atoms with Crippen LogP contribution in [0, 0.1) is 0 Å². The van der Waals surface area contributed by atoms with E-state index in [0.717, 1.165) is 4.90 Å². The normalized spacial score (nSPS) is 13.4. The molecule has 0 radical (unpaired) electrons. The summed E-state index contributed by atoms with van der Waals surface area (Å²) in [4.78, 5) is 49.0. The lowest BCUT2D eigenvalue weighted by molar-refractivity contribution is -0.121. The summed E-state index contributed by atoms with van der Waals surface area (Å²) >= 11 is 0. The molecule has 0 unspecified atom stereocenters. The van der Waals surface area contributed by atoms with Gasteiger partial charge in [-0.25, -0.2) is 4.79 Å². The van der Waals surface area contributed by atoms with Gasteiger partial charge in [0.05, 0.1) is 24.0 Å². The molecule has 1 heterocycles. The number of amides is 3. The fraction of sp³-hybridized carbons (Fsp3) is 0.200. The molecule has 1 N–H and O–H groups in total. The van der Waals surface area contributed by atoms with Gasteiger partial charge in [-0.05, 0) is 30.3 Å². The lowest BCUT2D eigenvalue weighted by Crippen LogP contribution is -2.28. The van der Waals surface area contributed by atoms with Crippen LogP contribution in [0.5, 0.6) is 5.75 Å². The molecule has 144 valence electrons. The summed E-state index contributed by atoms with van der Waals surface area (Å²) in [5.74, 6) is -1.41. The van der Waals surface area contributed by atoms with Crippen LogP contribution in [-0.4, -0.2) is 37.4 Å². The van der Waals surface area contributed by atoms with Crippen molar-refractivity contribution >= 4 is 35.1 Å². The van der Waals surface area contributed by atoms with E-state index in [1.165, 1.54) is 19.2 Å². The molecule has 1 fully saturated rings. The predicted molar refractivity (Wildman–Crippen MR) is 100 cm³/mol. The first kappa shape index (κ1) is 19.1. The molecule has 0 spiro atoms. The molecule has 0 saturated carbocycles. The highest BCUT2D eigenvalue weighted by Crippen LogP contribution is 2.24. The van der Waals surface area contributed by atoms with Gasteiger partial charge in [0.1, 0.15) is 5.75 Å². The van der Waals surface area contributed by atoms with Crippen LogP contribution in [0.4, 0.5) is 11.4 Å². The Kier molecular flexibility index (Phi) is 5.69. The Balaban J connectivity index is 1.62. The first-order chi connectivity index (χ1) is 13.5. The number of anilines is 2. The standard InChI is InChI=1S/C20H18N2O6/c1-27-16-8-3-2-7-15(16)21-17(23)12-28-20(26)13-5-4-6-14(11-13)22-18(24)9-10-19(22)25/h2-8,11H,9-10,12H2,1H3,(H,21,23). The monoisotopic (exact) mass is 382 g/mol. The Morgan fingerprint density at radius 2 is 1.75 bits per heavy atom. The highest BCUT2D eigenvalue weighted by atomic mass is 16.5. The van der Waals surface area contributed by atoms with Crippen LogP contribution in [0.1, 0.15) is 23.2 Å². The molecule has 1 aliphatic rings. The summed E-state index contributed by atoms with van der Waals surface area (Å²) in [6.07, 6.45) is 0.299. The maximum absolute atomic E-state index is 12.2. The van der Waals surface area contributed by atoms with Crippen LogP contribution in [0.25, 0.3) is 0 Å². The van der Waals surface area contributed by atoms with Gasteiger partial charge in [0.15, 0.2) is 6.61 Å². The van der Waals surface area contributed by atoms with Gasteiger partial charge in [-0.15, -0.1) is 0 Å². The van der Waals surface area contributed by atoms with Crippen molar-refractivity contribution in [3.05, 3.63) is 54.1 Å². The van der Waals surface area contributed by atoms with E-state index in [-0.39, 0.29) is 30.2 Å². The third-order valence-electron chi connectivity index (χ3n) is 4.11. The van der Waals surface area contributed by atoms with Crippen molar-refractivity contribution in [1.82, 2.24) is 0 Å². The van der Waals surface area contributed by atoms with Crippen LogP contribution < -0.4 is 15.0 Å². The smallest absolute Gasteiger partial charge is 0.338 e. The fourth-order valence-corrected chi connectivity index (χ4v) is 2.79. The van der Waals surface area contributed by atoms with Gasteiger partial charge in [0.2, 0.25) is 11.8 Å². The largest absolute Gasteiger partial charge is 0.495 e. The molecule has 0 bridgehead atoms. The Morgan fingerprint density at radius 3 is 2.46 bits per heavy atom. The van der Waals surface area contributed by atoms with Crippen LogP contribution in [0.2, 0.25) is 0 Å². The van der Waals surface area contributed by atoms with Crippen molar-refractivity contribution in [2.45, 2.75) is 12.8 Å². The highest BCUT2D eigenvalue weighted by Gasteiger charge is 2.30. The average molecular weight is 382 g/mol. The zero-order valence-electron chi connectivity index (χ0n) is 15.1. The van der Waals surface area contributed by atoms with E-state index in [1.54, 1.807) is 36.4 Å². The molecule has 3 rings (SSSR count). The van der Waals surface area contributed by atoms with Gasteiger partial charge in [0, 0.05) is 12.8 Å². The minimum atomic E-state index is -0.740. The second-order valence-corrected chi connectivity index (χ2v) is 6.00. The Morgan fingerprint density at radius 1 is 1.04 bits per heavy atom. The highest BCUT2D eigenvalue weighted by molar-refractivity contribution is 6.20. The first-order valence-electron chi connectivity index (χ1n) is 8.55. The topological polar surface area (TPSA) is 102 Å².